The van der Waals surface area contributed by atoms with E-state index in [1.54, 1.807) is 0 Å². The van der Waals surface area contributed by atoms with Gasteiger partial charge in [-0.05, 0) is 17.2 Å². The Morgan fingerprint density at radius 2 is 1.71 bits per heavy atom. The molecule has 0 heterocycles. The highest BCUT2D eigenvalue weighted by Crippen LogP contribution is 2.28. The monoisotopic (exact) mass is 226 g/mol. The third-order valence-electron chi connectivity index (χ3n) is 2.23. The van der Waals surface area contributed by atoms with Crippen LogP contribution in [-0.2, 0) is 4.79 Å². The molecule has 0 saturated heterocycles. The highest BCUT2D eigenvalue weighted by Gasteiger charge is 2.32. The Morgan fingerprint density at radius 3 is 2.07 bits per heavy atom. The van der Waals surface area contributed by atoms with Gasteiger partial charge in [-0.2, -0.15) is 0 Å². The molecule has 0 aliphatic carbocycles. The van der Waals surface area contributed by atoms with Crippen molar-refractivity contribution in [1.29, 1.82) is 0 Å². The fourth-order valence-electron chi connectivity index (χ4n) is 1.62. The van der Waals surface area contributed by atoms with Crippen molar-refractivity contribution in [3.05, 3.63) is 35.9 Å². The van der Waals surface area contributed by atoms with Crippen molar-refractivity contribution in [3.63, 3.8) is 0 Å². The number of benzene rings is 1. The van der Waals surface area contributed by atoms with E-state index in [2.05, 4.69) is 19.6 Å². The summed E-state index contributed by atoms with van der Waals surface area (Å²) in [6.45, 7) is 6.47. The molecule has 0 radical (unpaired) electrons. The van der Waals surface area contributed by atoms with Crippen LogP contribution >= 0.6 is 11.6 Å². The number of carbonyl (C=O) groups is 1. The van der Waals surface area contributed by atoms with Gasteiger partial charge in [0, 0.05) is 0 Å². The molecule has 1 unspecified atom stereocenters. The second-order valence-corrected chi connectivity index (χ2v) is 10.2. The average molecular weight is 227 g/mol. The van der Waals surface area contributed by atoms with Gasteiger partial charge in [-0.1, -0.05) is 50.0 Å². The van der Waals surface area contributed by atoms with E-state index in [-0.39, 0.29) is 10.8 Å². The van der Waals surface area contributed by atoms with Crippen LogP contribution in [0.4, 0.5) is 0 Å². The van der Waals surface area contributed by atoms with Gasteiger partial charge in [0.2, 0.25) is 5.24 Å². The van der Waals surface area contributed by atoms with E-state index in [0.29, 0.717) is 0 Å². The maximum Gasteiger partial charge on any atom is 0.226 e. The van der Waals surface area contributed by atoms with Crippen molar-refractivity contribution < 1.29 is 4.79 Å². The molecule has 0 fully saturated rings. The maximum absolute atomic E-state index is 11.4. The molecule has 1 rings (SSSR count). The molecule has 0 saturated carbocycles. The summed E-state index contributed by atoms with van der Waals surface area (Å²) in [5.41, 5.74) is 0.956. The molecule has 1 nitrogen and oxygen atoms in total. The highest BCUT2D eigenvalue weighted by atomic mass is 35.5. The van der Waals surface area contributed by atoms with Crippen LogP contribution in [0.1, 0.15) is 11.1 Å². The van der Waals surface area contributed by atoms with Crippen LogP contribution in [0.5, 0.6) is 0 Å². The molecular formula is C11H15ClOSi. The van der Waals surface area contributed by atoms with Crippen LogP contribution in [0.25, 0.3) is 0 Å². The van der Waals surface area contributed by atoms with Gasteiger partial charge in [-0.3, -0.25) is 4.79 Å². The van der Waals surface area contributed by atoms with Crippen molar-refractivity contribution in [3.8, 4) is 0 Å². The number of hydrogen-bond acceptors (Lipinski definition) is 1. The summed E-state index contributed by atoms with van der Waals surface area (Å²) >= 11 is 5.66. The third-order valence-corrected chi connectivity index (χ3v) is 4.95. The summed E-state index contributed by atoms with van der Waals surface area (Å²) in [6, 6.07) is 9.79. The molecular weight excluding hydrogens is 212 g/mol. The first-order valence-corrected chi connectivity index (χ1v) is 8.63. The Labute approximate surface area is 91.1 Å². The van der Waals surface area contributed by atoms with E-state index in [1.807, 2.05) is 30.3 Å². The van der Waals surface area contributed by atoms with Gasteiger partial charge < -0.3 is 0 Å². The van der Waals surface area contributed by atoms with Gasteiger partial charge in [0.25, 0.3) is 0 Å². The first-order valence-electron chi connectivity index (χ1n) is 4.67. The summed E-state index contributed by atoms with van der Waals surface area (Å²) in [6.07, 6.45) is 0. The topological polar surface area (TPSA) is 17.1 Å². The summed E-state index contributed by atoms with van der Waals surface area (Å²) in [7, 11) is -1.57. The van der Waals surface area contributed by atoms with Gasteiger partial charge >= 0.3 is 0 Å². The predicted molar refractivity (Wildman–Crippen MR) is 63.4 cm³/mol. The van der Waals surface area contributed by atoms with Crippen LogP contribution < -0.4 is 0 Å². The lowest BCUT2D eigenvalue weighted by molar-refractivity contribution is -0.111. The Kier molecular flexibility index (Phi) is 3.51. The van der Waals surface area contributed by atoms with E-state index >= 15 is 0 Å². The van der Waals surface area contributed by atoms with Crippen molar-refractivity contribution in [1.82, 2.24) is 0 Å². The number of hydrogen-bond donors (Lipinski definition) is 0. The van der Waals surface area contributed by atoms with Gasteiger partial charge in [0.05, 0.1) is 13.6 Å². The van der Waals surface area contributed by atoms with E-state index in [0.717, 1.165) is 5.56 Å². The molecule has 0 spiro atoms. The lowest BCUT2D eigenvalue weighted by Crippen LogP contribution is -2.34. The molecule has 0 aromatic heterocycles. The lowest BCUT2D eigenvalue weighted by atomic mass is 10.2. The van der Waals surface area contributed by atoms with E-state index in [4.69, 9.17) is 11.6 Å². The van der Waals surface area contributed by atoms with Gasteiger partial charge in [-0.15, -0.1) is 0 Å². The van der Waals surface area contributed by atoms with Crippen LogP contribution in [0.2, 0.25) is 19.6 Å². The van der Waals surface area contributed by atoms with Crippen molar-refractivity contribution in [2.45, 2.75) is 25.2 Å². The molecule has 1 atom stereocenters. The first kappa shape index (κ1) is 11.5. The summed E-state index contributed by atoms with van der Waals surface area (Å²) in [5, 5.41) is -0.227. The average Bonchev–Trinajstić information content (AvgIpc) is 2.02. The van der Waals surface area contributed by atoms with E-state index < -0.39 is 8.07 Å². The molecule has 1 aromatic carbocycles. The SMILES string of the molecule is C[Si](C)(C)C(C(=O)Cl)c1ccccc1. The molecule has 0 amide bonds. The second-order valence-electron chi connectivity index (χ2n) is 4.51. The lowest BCUT2D eigenvalue weighted by Gasteiger charge is -2.25. The van der Waals surface area contributed by atoms with Crippen molar-refractivity contribution in [2.24, 2.45) is 0 Å². The smallest absolute Gasteiger partial charge is 0.226 e. The Balaban J connectivity index is 3.08. The van der Waals surface area contributed by atoms with Crippen LogP contribution in [0.3, 0.4) is 0 Å². The Hall–Kier alpha value is -0.603. The number of halogens is 1. The first-order chi connectivity index (χ1) is 6.43. The van der Waals surface area contributed by atoms with Gasteiger partial charge in [0.1, 0.15) is 0 Å². The molecule has 0 aliphatic rings. The maximum atomic E-state index is 11.4. The summed E-state index contributed by atoms with van der Waals surface area (Å²) in [4.78, 5) is 11.4. The molecule has 0 N–H and O–H groups in total. The van der Waals surface area contributed by atoms with Crippen LogP contribution in [-0.4, -0.2) is 13.3 Å². The molecule has 3 heteroatoms. The van der Waals surface area contributed by atoms with Crippen LogP contribution in [0, 0.1) is 0 Å². The molecule has 0 aliphatic heterocycles. The minimum absolute atomic E-state index is 0.0923. The zero-order chi connectivity index (χ0) is 10.8. The minimum atomic E-state index is -1.57. The molecule has 0 bridgehead atoms. The second kappa shape index (κ2) is 4.28. The van der Waals surface area contributed by atoms with Crippen molar-refractivity contribution in [2.75, 3.05) is 0 Å². The fraction of sp³-hybridized carbons (Fsp3) is 0.364. The third kappa shape index (κ3) is 2.69. The number of carbonyl (C=O) groups excluding carboxylic acids is 1. The minimum Gasteiger partial charge on any atom is -0.281 e. The van der Waals surface area contributed by atoms with E-state index in [9.17, 15) is 4.79 Å². The Morgan fingerprint density at radius 1 is 1.21 bits per heavy atom. The quantitative estimate of drug-likeness (QED) is 0.570. The molecule has 14 heavy (non-hydrogen) atoms. The zero-order valence-electron chi connectivity index (χ0n) is 8.75. The number of rotatable bonds is 3. The largest absolute Gasteiger partial charge is 0.281 e. The fourth-order valence-corrected chi connectivity index (χ4v) is 4.60. The normalized spacial score (nSPS) is 13.7. The Bertz CT molecular complexity index is 316. The van der Waals surface area contributed by atoms with Gasteiger partial charge in [-0.25, -0.2) is 0 Å². The zero-order valence-corrected chi connectivity index (χ0v) is 10.5. The van der Waals surface area contributed by atoms with Crippen LogP contribution in [0.15, 0.2) is 30.3 Å². The summed E-state index contributed by atoms with van der Waals surface area (Å²) < 4.78 is 0. The summed E-state index contributed by atoms with van der Waals surface area (Å²) in [5.74, 6) is 0. The predicted octanol–water partition coefficient (Wildman–Crippen LogP) is 3.41. The van der Waals surface area contributed by atoms with Gasteiger partial charge in [0.15, 0.2) is 0 Å². The molecule has 76 valence electrons. The highest BCUT2D eigenvalue weighted by molar-refractivity contribution is 6.86. The van der Waals surface area contributed by atoms with E-state index in [1.165, 1.54) is 0 Å². The molecule has 1 aromatic rings. The standard InChI is InChI=1S/C11H15ClOSi/c1-14(2,3)10(11(12)13)9-7-5-4-6-8-9/h4-8,10H,1-3H3. The van der Waals surface area contributed by atoms with Crippen molar-refractivity contribution >= 4 is 24.9 Å².